The summed E-state index contributed by atoms with van der Waals surface area (Å²) in [4.78, 5) is 26.2. The third kappa shape index (κ3) is 4.86. The van der Waals surface area contributed by atoms with Crippen LogP contribution < -0.4 is 5.32 Å². The van der Waals surface area contributed by atoms with E-state index in [2.05, 4.69) is 21.2 Å². The van der Waals surface area contributed by atoms with Gasteiger partial charge in [0.25, 0.3) is 5.91 Å². The average Bonchev–Trinajstić information content (AvgIpc) is 3.05. The second kappa shape index (κ2) is 9.84. The smallest absolute Gasteiger partial charge is 0.335 e. The summed E-state index contributed by atoms with van der Waals surface area (Å²) in [5.74, 6) is -0.843. The Bertz CT molecular complexity index is 1200. The molecule has 2 aliphatic rings. The summed E-state index contributed by atoms with van der Waals surface area (Å²) >= 11 is 3.30. The van der Waals surface area contributed by atoms with Gasteiger partial charge in [-0.2, -0.15) is 0 Å². The Morgan fingerprint density at radius 1 is 1.18 bits per heavy atom. The van der Waals surface area contributed by atoms with Crippen molar-refractivity contribution in [1.29, 1.82) is 0 Å². The molecule has 0 unspecified atom stereocenters. The van der Waals surface area contributed by atoms with Crippen molar-refractivity contribution in [3.05, 3.63) is 80.8 Å². The summed E-state index contributed by atoms with van der Waals surface area (Å²) < 4.78 is 25.3. The molecule has 2 aromatic carbocycles. The van der Waals surface area contributed by atoms with Gasteiger partial charge in [-0.15, -0.1) is 0 Å². The van der Waals surface area contributed by atoms with Gasteiger partial charge in [0.2, 0.25) is 0 Å². The van der Waals surface area contributed by atoms with Crippen LogP contribution in [-0.4, -0.2) is 30.6 Å². The molecule has 4 rings (SSSR count). The number of hydrogen-bond acceptors (Lipinski definition) is 4. The summed E-state index contributed by atoms with van der Waals surface area (Å²) in [5, 5.41) is 3.13. The quantitative estimate of drug-likeness (QED) is 0.404. The molecular weight excluding hydrogens is 501 g/mol. The highest BCUT2D eigenvalue weighted by Gasteiger charge is 2.50. The number of nitrogens with one attached hydrogen (secondary N) is 1. The summed E-state index contributed by atoms with van der Waals surface area (Å²) in [6.45, 7) is 3.90. The number of amides is 1. The number of hydrogen-bond donors (Lipinski definition) is 1. The maximum Gasteiger partial charge on any atom is 0.335 e. The molecule has 34 heavy (non-hydrogen) atoms. The van der Waals surface area contributed by atoms with E-state index in [-0.39, 0.29) is 17.8 Å². The van der Waals surface area contributed by atoms with Gasteiger partial charge in [0.1, 0.15) is 11.6 Å². The second-order valence-corrected chi connectivity index (χ2v) is 9.77. The number of halogens is 2. The van der Waals surface area contributed by atoms with Crippen LogP contribution in [0.2, 0.25) is 0 Å². The highest BCUT2D eigenvalue weighted by molar-refractivity contribution is 9.10. The topological polar surface area (TPSA) is 64.6 Å². The number of methoxy groups -OCH3 is 1. The molecule has 1 spiro atoms. The molecule has 1 aliphatic carbocycles. The van der Waals surface area contributed by atoms with E-state index < -0.39 is 11.5 Å². The Balaban J connectivity index is 1.72. The molecule has 0 radical (unpaired) electrons. The molecule has 1 heterocycles. The highest BCUT2D eigenvalue weighted by atomic mass is 79.9. The first kappa shape index (κ1) is 24.4. The maximum absolute atomic E-state index is 13.4. The van der Waals surface area contributed by atoms with E-state index >= 15 is 0 Å². The van der Waals surface area contributed by atoms with Crippen molar-refractivity contribution in [2.45, 2.75) is 51.2 Å². The van der Waals surface area contributed by atoms with Crippen molar-refractivity contribution >= 4 is 39.5 Å². The summed E-state index contributed by atoms with van der Waals surface area (Å²) in [6.07, 6.45) is 5.68. The van der Waals surface area contributed by atoms with E-state index in [4.69, 9.17) is 9.47 Å². The fraction of sp³-hybridized carbons (Fsp3) is 0.333. The molecule has 1 aliphatic heterocycles. The number of aryl methyl sites for hydroxylation is 2. The Morgan fingerprint density at radius 3 is 2.59 bits per heavy atom. The summed E-state index contributed by atoms with van der Waals surface area (Å²) in [7, 11) is 1.69. The molecule has 5 nitrogen and oxygen atoms in total. The SMILES string of the molecule is COC1CCC2(CC1)NC(=O)C(c1cc(C)ccc1C)=C2OC(=O)/C=C/c1ccc(F)cc1Br. The van der Waals surface area contributed by atoms with Gasteiger partial charge in [-0.1, -0.05) is 45.8 Å². The number of carbonyl (C=O) groups excluding carboxylic acids is 2. The van der Waals surface area contributed by atoms with Crippen LogP contribution in [0.15, 0.2) is 52.7 Å². The van der Waals surface area contributed by atoms with Crippen molar-refractivity contribution in [3.63, 3.8) is 0 Å². The molecule has 0 saturated heterocycles. The Hall–Kier alpha value is -2.77. The minimum Gasteiger partial charge on any atom is -0.424 e. The van der Waals surface area contributed by atoms with Gasteiger partial charge in [0.15, 0.2) is 0 Å². The maximum atomic E-state index is 13.4. The number of carbonyl (C=O) groups is 2. The lowest BCUT2D eigenvalue weighted by Gasteiger charge is -2.37. The Labute approximate surface area is 207 Å². The van der Waals surface area contributed by atoms with Gasteiger partial charge in [0.05, 0.1) is 17.2 Å². The fourth-order valence-corrected chi connectivity index (χ4v) is 5.16. The fourth-order valence-electron chi connectivity index (χ4n) is 4.68. The monoisotopic (exact) mass is 527 g/mol. The lowest BCUT2D eigenvalue weighted by atomic mass is 9.79. The zero-order valence-corrected chi connectivity index (χ0v) is 21.0. The standard InChI is InChI=1S/C27H27BrFNO4/c1-16-4-5-17(2)21(14-16)24-25(27(30-26(24)32)12-10-20(33-3)11-13-27)34-23(31)9-7-18-6-8-19(29)15-22(18)28/h4-9,14-15,20H,10-13H2,1-3H3,(H,30,32)/b9-7+. The van der Waals surface area contributed by atoms with Crippen LogP contribution in [0.5, 0.6) is 0 Å². The van der Waals surface area contributed by atoms with Crippen LogP contribution in [0.1, 0.15) is 47.9 Å². The first-order valence-corrected chi connectivity index (χ1v) is 12.0. The van der Waals surface area contributed by atoms with Gasteiger partial charge in [-0.25, -0.2) is 9.18 Å². The minimum absolute atomic E-state index is 0.111. The van der Waals surface area contributed by atoms with Crippen LogP contribution >= 0.6 is 15.9 Å². The minimum atomic E-state index is -0.752. The van der Waals surface area contributed by atoms with Gasteiger partial charge in [-0.3, -0.25) is 4.79 Å². The van der Waals surface area contributed by atoms with Gasteiger partial charge in [0, 0.05) is 17.7 Å². The molecule has 178 valence electrons. The average molecular weight is 528 g/mol. The molecule has 1 N–H and O–H groups in total. The van der Waals surface area contributed by atoms with E-state index in [1.807, 2.05) is 32.0 Å². The number of ether oxygens (including phenoxy) is 2. The number of rotatable bonds is 5. The zero-order chi connectivity index (χ0) is 24.5. The normalized spacial score (nSPS) is 22.5. The van der Waals surface area contributed by atoms with Crippen LogP contribution in [0.4, 0.5) is 4.39 Å². The van der Waals surface area contributed by atoms with Crippen molar-refractivity contribution in [2.24, 2.45) is 0 Å². The number of benzene rings is 2. The predicted octanol–water partition coefficient (Wildman–Crippen LogP) is 5.63. The second-order valence-electron chi connectivity index (χ2n) is 8.91. The molecule has 1 amide bonds. The van der Waals surface area contributed by atoms with E-state index in [1.165, 1.54) is 18.2 Å². The van der Waals surface area contributed by atoms with E-state index in [0.717, 1.165) is 29.5 Å². The van der Waals surface area contributed by atoms with Crippen molar-refractivity contribution in [3.8, 4) is 0 Å². The molecule has 0 bridgehead atoms. The van der Waals surface area contributed by atoms with Crippen LogP contribution in [0.3, 0.4) is 0 Å². The zero-order valence-electron chi connectivity index (χ0n) is 19.4. The molecule has 1 saturated carbocycles. The van der Waals surface area contributed by atoms with Crippen LogP contribution in [0.25, 0.3) is 11.6 Å². The Morgan fingerprint density at radius 2 is 1.91 bits per heavy atom. The molecule has 1 fully saturated rings. The molecular formula is C27H27BrFNO4. The molecule has 7 heteroatoms. The number of esters is 1. The molecule has 0 atom stereocenters. The van der Waals surface area contributed by atoms with Gasteiger partial charge in [-0.05, 0) is 74.4 Å². The third-order valence-electron chi connectivity index (χ3n) is 6.59. The summed E-state index contributed by atoms with van der Waals surface area (Å²) in [6, 6.07) is 10.1. The van der Waals surface area contributed by atoms with E-state index in [0.29, 0.717) is 34.2 Å². The Kier molecular flexibility index (Phi) is 7.05. The lowest BCUT2D eigenvalue weighted by molar-refractivity contribution is -0.135. The first-order chi connectivity index (χ1) is 16.2. The van der Waals surface area contributed by atoms with E-state index in [9.17, 15) is 14.0 Å². The first-order valence-electron chi connectivity index (χ1n) is 11.2. The van der Waals surface area contributed by atoms with Crippen molar-refractivity contribution in [1.82, 2.24) is 5.32 Å². The predicted molar refractivity (Wildman–Crippen MR) is 132 cm³/mol. The van der Waals surface area contributed by atoms with Gasteiger partial charge < -0.3 is 14.8 Å². The van der Waals surface area contributed by atoms with E-state index in [1.54, 1.807) is 19.3 Å². The largest absolute Gasteiger partial charge is 0.424 e. The van der Waals surface area contributed by atoms with Crippen molar-refractivity contribution in [2.75, 3.05) is 7.11 Å². The summed E-state index contributed by atoms with van der Waals surface area (Å²) in [5.41, 5.74) is 2.99. The van der Waals surface area contributed by atoms with Crippen LogP contribution in [0, 0.1) is 19.7 Å². The van der Waals surface area contributed by atoms with Gasteiger partial charge >= 0.3 is 5.97 Å². The molecule has 2 aromatic rings. The van der Waals surface area contributed by atoms with Crippen LogP contribution in [-0.2, 0) is 19.1 Å². The third-order valence-corrected chi connectivity index (χ3v) is 7.27. The van der Waals surface area contributed by atoms with Crippen molar-refractivity contribution < 1.29 is 23.5 Å². The molecule has 0 aromatic heterocycles. The lowest BCUT2D eigenvalue weighted by Crippen LogP contribution is -2.49. The highest BCUT2D eigenvalue weighted by Crippen LogP contribution is 2.44.